The van der Waals surface area contributed by atoms with Gasteiger partial charge in [0.1, 0.15) is 0 Å². The number of rotatable bonds is 4. The highest BCUT2D eigenvalue weighted by Gasteiger charge is 2.34. The Morgan fingerprint density at radius 2 is 1.93 bits per heavy atom. The summed E-state index contributed by atoms with van der Waals surface area (Å²) < 4.78 is 5.24. The molecule has 1 fully saturated rings. The number of ether oxygens (including phenoxy) is 1. The lowest BCUT2D eigenvalue weighted by atomic mass is 9.79. The summed E-state index contributed by atoms with van der Waals surface area (Å²) in [7, 11) is 0. The first kappa shape index (κ1) is 11.4. The normalized spacial score (nSPS) is 21.1. The molecule has 14 heavy (non-hydrogen) atoms. The van der Waals surface area contributed by atoms with Gasteiger partial charge in [-0.2, -0.15) is 0 Å². The first-order chi connectivity index (χ1) is 6.48. The van der Waals surface area contributed by atoms with Gasteiger partial charge in [0, 0.05) is 11.1 Å². The molecule has 1 saturated heterocycles. The Balaban J connectivity index is 2.75. The Bertz CT molecular complexity index is 261. The molecule has 1 heterocycles. The molecule has 0 aromatic carbocycles. The summed E-state index contributed by atoms with van der Waals surface area (Å²) in [4.78, 5) is 0. The van der Waals surface area contributed by atoms with E-state index in [0.717, 1.165) is 31.8 Å². The molecule has 1 N–H and O–H groups in total. The fourth-order valence-electron chi connectivity index (χ4n) is 1.80. The van der Waals surface area contributed by atoms with Gasteiger partial charge in [0.2, 0.25) is 0 Å². The van der Waals surface area contributed by atoms with Crippen molar-refractivity contribution in [2.24, 2.45) is 5.41 Å². The quantitative estimate of drug-likeness (QED) is 0.687. The largest absolute Gasteiger partial charge is 0.380 e. The monoisotopic (exact) mass is 195 g/mol. The maximum atomic E-state index is 7.77. The topological polar surface area (TPSA) is 33.1 Å². The van der Waals surface area contributed by atoms with Gasteiger partial charge in [0.05, 0.1) is 13.2 Å². The van der Waals surface area contributed by atoms with Gasteiger partial charge in [-0.15, -0.1) is 0 Å². The van der Waals surface area contributed by atoms with Crippen LogP contribution < -0.4 is 0 Å². The van der Waals surface area contributed by atoms with Gasteiger partial charge in [0.25, 0.3) is 0 Å². The molecule has 0 aliphatic carbocycles. The van der Waals surface area contributed by atoms with E-state index in [1.54, 1.807) is 0 Å². The van der Waals surface area contributed by atoms with E-state index >= 15 is 0 Å². The van der Waals surface area contributed by atoms with Gasteiger partial charge < -0.3 is 10.1 Å². The van der Waals surface area contributed by atoms with Gasteiger partial charge in [-0.3, -0.25) is 0 Å². The highest BCUT2D eigenvalue weighted by Crippen LogP contribution is 2.35. The summed E-state index contributed by atoms with van der Waals surface area (Å²) >= 11 is 0. The Kier molecular flexibility index (Phi) is 3.48. The van der Waals surface area contributed by atoms with Crippen molar-refractivity contribution in [2.45, 2.75) is 40.5 Å². The van der Waals surface area contributed by atoms with Crippen molar-refractivity contribution in [3.05, 3.63) is 11.1 Å². The van der Waals surface area contributed by atoms with Crippen molar-refractivity contribution in [1.29, 1.82) is 5.41 Å². The van der Waals surface area contributed by atoms with Crippen LogP contribution in [0.4, 0.5) is 0 Å². The first-order valence-electron chi connectivity index (χ1n) is 5.30. The molecule has 2 nitrogen and oxygen atoms in total. The van der Waals surface area contributed by atoms with Crippen LogP contribution in [0.2, 0.25) is 0 Å². The zero-order valence-corrected chi connectivity index (χ0v) is 9.74. The van der Waals surface area contributed by atoms with E-state index in [1.165, 1.54) is 11.1 Å². The van der Waals surface area contributed by atoms with E-state index in [4.69, 9.17) is 10.1 Å². The smallest absolute Gasteiger partial charge is 0.0545 e. The second kappa shape index (κ2) is 4.26. The molecular formula is C12H21NO. The van der Waals surface area contributed by atoms with Crippen molar-refractivity contribution >= 4 is 5.71 Å². The predicted molar refractivity (Wildman–Crippen MR) is 59.9 cm³/mol. The van der Waals surface area contributed by atoms with Crippen molar-refractivity contribution < 1.29 is 4.74 Å². The minimum Gasteiger partial charge on any atom is -0.380 e. The fourth-order valence-corrected chi connectivity index (χ4v) is 1.80. The summed E-state index contributed by atoms with van der Waals surface area (Å²) in [5.74, 6) is 0. The molecule has 0 atom stereocenters. The molecule has 0 spiro atoms. The van der Waals surface area contributed by atoms with E-state index in [1.807, 2.05) is 6.92 Å². The van der Waals surface area contributed by atoms with Crippen molar-refractivity contribution in [2.75, 3.05) is 13.2 Å². The minimum atomic E-state index is 0.286. The Hall–Kier alpha value is -0.630. The SMILES string of the molecule is CCC(C)=C(CC1(C)COC1)C(C)=N. The molecule has 0 bridgehead atoms. The predicted octanol–water partition coefficient (Wildman–Crippen LogP) is 3.18. The molecule has 1 aliphatic rings. The fraction of sp³-hybridized carbons (Fsp3) is 0.750. The summed E-state index contributed by atoms with van der Waals surface area (Å²) in [5, 5.41) is 7.77. The summed E-state index contributed by atoms with van der Waals surface area (Å²) in [6.45, 7) is 10.1. The zero-order valence-electron chi connectivity index (χ0n) is 9.74. The Morgan fingerprint density at radius 1 is 1.36 bits per heavy atom. The summed E-state index contributed by atoms with van der Waals surface area (Å²) in [5.41, 5.74) is 3.59. The van der Waals surface area contributed by atoms with Crippen LogP contribution in [0.15, 0.2) is 11.1 Å². The molecule has 80 valence electrons. The van der Waals surface area contributed by atoms with Gasteiger partial charge >= 0.3 is 0 Å². The Morgan fingerprint density at radius 3 is 2.21 bits per heavy atom. The van der Waals surface area contributed by atoms with Crippen LogP contribution in [0, 0.1) is 10.8 Å². The van der Waals surface area contributed by atoms with Crippen LogP contribution in [-0.2, 0) is 4.74 Å². The molecule has 1 aliphatic heterocycles. The van der Waals surface area contributed by atoms with E-state index in [9.17, 15) is 0 Å². The van der Waals surface area contributed by atoms with Crippen LogP contribution in [0.25, 0.3) is 0 Å². The first-order valence-corrected chi connectivity index (χ1v) is 5.30. The molecule has 0 amide bonds. The second-order valence-electron chi connectivity index (χ2n) is 4.72. The van der Waals surface area contributed by atoms with Crippen LogP contribution >= 0.6 is 0 Å². The molecular weight excluding hydrogens is 174 g/mol. The van der Waals surface area contributed by atoms with E-state index in [0.29, 0.717) is 0 Å². The average Bonchev–Trinajstić information content (AvgIpc) is 2.09. The van der Waals surface area contributed by atoms with Crippen molar-refractivity contribution in [3.63, 3.8) is 0 Å². The van der Waals surface area contributed by atoms with E-state index in [2.05, 4.69) is 20.8 Å². The maximum absolute atomic E-state index is 7.77. The van der Waals surface area contributed by atoms with Crippen LogP contribution in [0.1, 0.15) is 40.5 Å². The lowest BCUT2D eigenvalue weighted by molar-refractivity contribution is -0.0997. The molecule has 0 aromatic rings. The van der Waals surface area contributed by atoms with Crippen molar-refractivity contribution in [3.8, 4) is 0 Å². The number of hydrogen-bond acceptors (Lipinski definition) is 2. The third-order valence-electron chi connectivity index (χ3n) is 3.00. The lowest BCUT2D eigenvalue weighted by Crippen LogP contribution is -2.40. The minimum absolute atomic E-state index is 0.286. The third-order valence-corrected chi connectivity index (χ3v) is 3.00. The molecule has 2 heteroatoms. The maximum Gasteiger partial charge on any atom is 0.0545 e. The summed E-state index contributed by atoms with van der Waals surface area (Å²) in [6.07, 6.45) is 2.05. The zero-order chi connectivity index (χ0) is 10.8. The lowest BCUT2D eigenvalue weighted by Gasteiger charge is -2.39. The van der Waals surface area contributed by atoms with Crippen LogP contribution in [-0.4, -0.2) is 18.9 Å². The Labute approximate surface area is 86.9 Å². The standard InChI is InChI=1S/C12H21NO/c1-5-9(2)11(10(3)13)6-12(4)7-14-8-12/h13H,5-8H2,1-4H3. The van der Waals surface area contributed by atoms with Crippen LogP contribution in [0.5, 0.6) is 0 Å². The molecule has 0 unspecified atom stereocenters. The second-order valence-corrected chi connectivity index (χ2v) is 4.72. The molecule has 0 aromatic heterocycles. The van der Waals surface area contributed by atoms with Crippen molar-refractivity contribution in [1.82, 2.24) is 0 Å². The highest BCUT2D eigenvalue weighted by atomic mass is 16.5. The van der Waals surface area contributed by atoms with Crippen LogP contribution in [0.3, 0.4) is 0 Å². The average molecular weight is 195 g/mol. The number of hydrogen-bond donors (Lipinski definition) is 1. The van der Waals surface area contributed by atoms with Gasteiger partial charge in [-0.25, -0.2) is 0 Å². The molecule has 0 radical (unpaired) electrons. The highest BCUT2D eigenvalue weighted by molar-refractivity contribution is 5.96. The molecule has 1 rings (SSSR count). The van der Waals surface area contributed by atoms with Gasteiger partial charge in [0.15, 0.2) is 0 Å². The summed E-state index contributed by atoms with van der Waals surface area (Å²) in [6, 6.07) is 0. The number of nitrogens with one attached hydrogen (secondary N) is 1. The third kappa shape index (κ3) is 2.44. The van der Waals surface area contributed by atoms with Gasteiger partial charge in [-0.05, 0) is 32.3 Å². The molecule has 0 saturated carbocycles. The van der Waals surface area contributed by atoms with E-state index in [-0.39, 0.29) is 5.41 Å². The van der Waals surface area contributed by atoms with Gasteiger partial charge in [-0.1, -0.05) is 19.4 Å². The van der Waals surface area contributed by atoms with E-state index < -0.39 is 0 Å². The number of allylic oxidation sites excluding steroid dienone is 2.